The standard InChI is InChI=1S/C21H28N2O/c1-20(2,3)16-9-7-15(8-10-16)19(24)22-17-11-13-18(14-12-17)23-21(4,5)6/h7-14,23H,1-6H3,(H,22,24). The van der Waals surface area contributed by atoms with Crippen LogP contribution in [0.5, 0.6) is 0 Å². The molecule has 0 aliphatic heterocycles. The monoisotopic (exact) mass is 324 g/mol. The van der Waals surface area contributed by atoms with Crippen LogP contribution in [-0.2, 0) is 5.41 Å². The summed E-state index contributed by atoms with van der Waals surface area (Å²) in [5.41, 5.74) is 3.82. The van der Waals surface area contributed by atoms with Gasteiger partial charge in [0.25, 0.3) is 5.91 Å². The zero-order chi connectivity index (χ0) is 18.0. The van der Waals surface area contributed by atoms with Crippen LogP contribution in [0, 0.1) is 0 Å². The maximum atomic E-state index is 12.4. The van der Waals surface area contributed by atoms with Gasteiger partial charge < -0.3 is 10.6 Å². The predicted octanol–water partition coefficient (Wildman–Crippen LogP) is 5.45. The van der Waals surface area contributed by atoms with Crippen LogP contribution < -0.4 is 10.6 Å². The van der Waals surface area contributed by atoms with Gasteiger partial charge in [0, 0.05) is 22.5 Å². The highest BCUT2D eigenvalue weighted by atomic mass is 16.1. The minimum atomic E-state index is -0.0908. The van der Waals surface area contributed by atoms with Crippen LogP contribution in [0.1, 0.15) is 57.5 Å². The van der Waals surface area contributed by atoms with Crippen molar-refractivity contribution in [2.75, 3.05) is 10.6 Å². The molecule has 0 fully saturated rings. The van der Waals surface area contributed by atoms with E-state index in [2.05, 4.69) is 52.2 Å². The summed E-state index contributed by atoms with van der Waals surface area (Å²) in [5.74, 6) is -0.0908. The lowest BCUT2D eigenvalue weighted by Gasteiger charge is -2.22. The first-order valence-corrected chi connectivity index (χ1v) is 8.35. The fraction of sp³-hybridized carbons (Fsp3) is 0.381. The molecule has 0 heterocycles. The maximum Gasteiger partial charge on any atom is 0.255 e. The lowest BCUT2D eigenvalue weighted by Crippen LogP contribution is -2.25. The summed E-state index contributed by atoms with van der Waals surface area (Å²) in [6.07, 6.45) is 0. The molecule has 24 heavy (non-hydrogen) atoms. The van der Waals surface area contributed by atoms with Crippen molar-refractivity contribution in [3.63, 3.8) is 0 Å². The molecule has 0 aromatic heterocycles. The smallest absolute Gasteiger partial charge is 0.255 e. The average Bonchev–Trinajstić information content (AvgIpc) is 2.47. The van der Waals surface area contributed by atoms with Crippen molar-refractivity contribution in [2.24, 2.45) is 0 Å². The van der Waals surface area contributed by atoms with Gasteiger partial charge in [-0.15, -0.1) is 0 Å². The molecule has 3 heteroatoms. The first-order chi connectivity index (χ1) is 11.0. The van der Waals surface area contributed by atoms with Crippen LogP contribution in [0.3, 0.4) is 0 Å². The summed E-state index contributed by atoms with van der Waals surface area (Å²) in [6, 6.07) is 15.6. The molecule has 3 nitrogen and oxygen atoms in total. The Morgan fingerprint density at radius 3 is 1.71 bits per heavy atom. The number of nitrogens with one attached hydrogen (secondary N) is 2. The van der Waals surface area contributed by atoms with Crippen molar-refractivity contribution in [1.82, 2.24) is 0 Å². The lowest BCUT2D eigenvalue weighted by atomic mass is 9.87. The highest BCUT2D eigenvalue weighted by Crippen LogP contribution is 2.23. The minimum absolute atomic E-state index is 0.0135. The molecule has 0 spiro atoms. The van der Waals surface area contributed by atoms with Crippen LogP contribution in [0.25, 0.3) is 0 Å². The van der Waals surface area contributed by atoms with E-state index in [1.807, 2.05) is 48.5 Å². The van der Waals surface area contributed by atoms with Gasteiger partial charge in [0.05, 0.1) is 0 Å². The van der Waals surface area contributed by atoms with E-state index in [0.29, 0.717) is 5.56 Å². The molecule has 0 bridgehead atoms. The lowest BCUT2D eigenvalue weighted by molar-refractivity contribution is 0.102. The Balaban J connectivity index is 2.04. The first kappa shape index (κ1) is 18.1. The summed E-state index contributed by atoms with van der Waals surface area (Å²) in [6.45, 7) is 12.8. The van der Waals surface area contributed by atoms with Crippen molar-refractivity contribution in [3.8, 4) is 0 Å². The highest BCUT2D eigenvalue weighted by Gasteiger charge is 2.14. The highest BCUT2D eigenvalue weighted by molar-refractivity contribution is 6.04. The van der Waals surface area contributed by atoms with Gasteiger partial charge in [-0.2, -0.15) is 0 Å². The Morgan fingerprint density at radius 1 is 0.750 bits per heavy atom. The summed E-state index contributed by atoms with van der Waals surface area (Å²) >= 11 is 0. The number of carbonyl (C=O) groups is 1. The van der Waals surface area contributed by atoms with E-state index in [9.17, 15) is 4.79 Å². The normalized spacial score (nSPS) is 11.9. The van der Waals surface area contributed by atoms with E-state index in [1.54, 1.807) is 0 Å². The van der Waals surface area contributed by atoms with Gasteiger partial charge in [-0.3, -0.25) is 4.79 Å². The third-order valence-corrected chi connectivity index (χ3v) is 3.68. The summed E-state index contributed by atoms with van der Waals surface area (Å²) in [4.78, 5) is 12.4. The molecule has 128 valence electrons. The van der Waals surface area contributed by atoms with E-state index in [-0.39, 0.29) is 16.9 Å². The van der Waals surface area contributed by atoms with Gasteiger partial charge in [0.1, 0.15) is 0 Å². The molecule has 1 amide bonds. The topological polar surface area (TPSA) is 41.1 Å². The molecular formula is C21H28N2O. The molecule has 0 saturated carbocycles. The number of benzene rings is 2. The number of hydrogen-bond donors (Lipinski definition) is 2. The van der Waals surface area contributed by atoms with Crippen molar-refractivity contribution in [3.05, 3.63) is 59.7 Å². The Labute approximate surface area is 145 Å². The van der Waals surface area contributed by atoms with Gasteiger partial charge in [-0.25, -0.2) is 0 Å². The second-order valence-electron chi connectivity index (χ2n) is 8.23. The van der Waals surface area contributed by atoms with Crippen LogP contribution in [0.4, 0.5) is 11.4 Å². The van der Waals surface area contributed by atoms with Crippen LogP contribution in [0.2, 0.25) is 0 Å². The molecule has 0 aliphatic carbocycles. The van der Waals surface area contributed by atoms with Crippen molar-refractivity contribution < 1.29 is 4.79 Å². The molecule has 2 aromatic rings. The Kier molecular flexibility index (Phi) is 5.02. The van der Waals surface area contributed by atoms with E-state index >= 15 is 0 Å². The molecule has 2 rings (SSSR count). The number of hydrogen-bond acceptors (Lipinski definition) is 2. The summed E-state index contributed by atoms with van der Waals surface area (Å²) in [5, 5.41) is 6.34. The van der Waals surface area contributed by atoms with Crippen LogP contribution in [0.15, 0.2) is 48.5 Å². The third-order valence-electron chi connectivity index (χ3n) is 3.68. The fourth-order valence-electron chi connectivity index (χ4n) is 2.39. The predicted molar refractivity (Wildman–Crippen MR) is 103 cm³/mol. The largest absolute Gasteiger partial charge is 0.380 e. The zero-order valence-corrected chi connectivity index (χ0v) is 15.5. The fourth-order valence-corrected chi connectivity index (χ4v) is 2.39. The number of anilines is 2. The Hall–Kier alpha value is -2.29. The molecule has 2 N–H and O–H groups in total. The molecule has 0 aliphatic rings. The molecule has 2 aromatic carbocycles. The van der Waals surface area contributed by atoms with E-state index in [0.717, 1.165) is 11.4 Å². The second-order valence-corrected chi connectivity index (χ2v) is 8.23. The molecule has 0 unspecified atom stereocenters. The van der Waals surface area contributed by atoms with Crippen molar-refractivity contribution in [2.45, 2.75) is 52.5 Å². The van der Waals surface area contributed by atoms with E-state index in [1.165, 1.54) is 5.56 Å². The van der Waals surface area contributed by atoms with Gasteiger partial charge in [-0.1, -0.05) is 32.9 Å². The number of rotatable bonds is 3. The summed E-state index contributed by atoms with van der Waals surface area (Å²) in [7, 11) is 0. The van der Waals surface area contributed by atoms with E-state index in [4.69, 9.17) is 0 Å². The van der Waals surface area contributed by atoms with Gasteiger partial charge in [0.2, 0.25) is 0 Å². The Bertz CT molecular complexity index is 687. The Morgan fingerprint density at radius 2 is 1.25 bits per heavy atom. The molecule has 0 radical (unpaired) electrons. The number of amides is 1. The molecule has 0 atom stereocenters. The number of carbonyl (C=O) groups excluding carboxylic acids is 1. The third kappa shape index (κ3) is 5.12. The molecule has 0 saturated heterocycles. The average molecular weight is 324 g/mol. The summed E-state index contributed by atoms with van der Waals surface area (Å²) < 4.78 is 0. The SMILES string of the molecule is CC(C)(C)Nc1ccc(NC(=O)c2ccc(C(C)(C)C)cc2)cc1. The van der Waals surface area contributed by atoms with Gasteiger partial charge in [0.15, 0.2) is 0 Å². The van der Waals surface area contributed by atoms with Crippen LogP contribution in [-0.4, -0.2) is 11.4 Å². The van der Waals surface area contributed by atoms with E-state index < -0.39 is 0 Å². The zero-order valence-electron chi connectivity index (χ0n) is 15.5. The van der Waals surface area contributed by atoms with Crippen LogP contribution >= 0.6 is 0 Å². The second kappa shape index (κ2) is 6.68. The van der Waals surface area contributed by atoms with Crippen molar-refractivity contribution >= 4 is 17.3 Å². The van der Waals surface area contributed by atoms with Gasteiger partial charge >= 0.3 is 0 Å². The quantitative estimate of drug-likeness (QED) is 0.788. The minimum Gasteiger partial charge on any atom is -0.380 e. The first-order valence-electron chi connectivity index (χ1n) is 8.35. The molecular weight excluding hydrogens is 296 g/mol. The maximum absolute atomic E-state index is 12.4. The van der Waals surface area contributed by atoms with Gasteiger partial charge in [-0.05, 0) is 68.1 Å². The van der Waals surface area contributed by atoms with Crippen molar-refractivity contribution in [1.29, 1.82) is 0 Å².